The highest BCUT2D eigenvalue weighted by atomic mass is 79.9. The van der Waals surface area contributed by atoms with Gasteiger partial charge < -0.3 is 10.5 Å². The van der Waals surface area contributed by atoms with Crippen LogP contribution in [0.4, 0.5) is 10.1 Å². The Morgan fingerprint density at radius 3 is 2.53 bits per heavy atom. The van der Waals surface area contributed by atoms with Crippen LogP contribution >= 0.6 is 15.9 Å². The molecule has 19 heavy (non-hydrogen) atoms. The lowest BCUT2D eigenvalue weighted by Crippen LogP contribution is -2.05. The summed E-state index contributed by atoms with van der Waals surface area (Å²) in [5, 5.41) is 0. The lowest BCUT2D eigenvalue weighted by Gasteiger charge is -2.07. The van der Waals surface area contributed by atoms with Gasteiger partial charge >= 0.3 is 5.97 Å². The Morgan fingerprint density at radius 1 is 1.21 bits per heavy atom. The van der Waals surface area contributed by atoms with Crippen molar-refractivity contribution in [2.75, 3.05) is 5.73 Å². The summed E-state index contributed by atoms with van der Waals surface area (Å²) in [6, 6.07) is 10.7. The van der Waals surface area contributed by atoms with E-state index in [2.05, 4.69) is 15.9 Å². The van der Waals surface area contributed by atoms with Crippen LogP contribution in [-0.4, -0.2) is 5.97 Å². The van der Waals surface area contributed by atoms with E-state index in [-0.39, 0.29) is 12.4 Å². The van der Waals surface area contributed by atoms with Crippen LogP contribution in [0.15, 0.2) is 46.9 Å². The zero-order valence-corrected chi connectivity index (χ0v) is 11.5. The monoisotopic (exact) mass is 323 g/mol. The highest BCUT2D eigenvalue weighted by molar-refractivity contribution is 9.10. The van der Waals surface area contributed by atoms with Crippen molar-refractivity contribution < 1.29 is 13.9 Å². The normalized spacial score (nSPS) is 10.2. The van der Waals surface area contributed by atoms with Gasteiger partial charge in [0.25, 0.3) is 0 Å². The zero-order chi connectivity index (χ0) is 13.8. The molecule has 0 bridgehead atoms. The molecule has 0 spiro atoms. The van der Waals surface area contributed by atoms with E-state index in [9.17, 15) is 9.18 Å². The van der Waals surface area contributed by atoms with E-state index in [1.807, 2.05) is 0 Å². The fourth-order valence-electron chi connectivity index (χ4n) is 1.48. The molecule has 3 nitrogen and oxygen atoms in total. The number of benzene rings is 2. The van der Waals surface area contributed by atoms with E-state index >= 15 is 0 Å². The number of anilines is 1. The molecule has 0 saturated heterocycles. The molecule has 0 aromatic heterocycles. The molecule has 0 aliphatic carbocycles. The highest BCUT2D eigenvalue weighted by Gasteiger charge is 2.08. The summed E-state index contributed by atoms with van der Waals surface area (Å²) < 4.78 is 18.6. The van der Waals surface area contributed by atoms with E-state index < -0.39 is 5.97 Å². The Bertz CT molecular complexity index is 599. The van der Waals surface area contributed by atoms with Crippen LogP contribution in [0.2, 0.25) is 0 Å². The fourth-order valence-corrected chi connectivity index (χ4v) is 1.95. The molecule has 0 radical (unpaired) electrons. The summed E-state index contributed by atoms with van der Waals surface area (Å²) in [6.07, 6.45) is 0. The van der Waals surface area contributed by atoms with E-state index in [1.54, 1.807) is 30.3 Å². The predicted molar refractivity (Wildman–Crippen MR) is 74.1 cm³/mol. The molecule has 0 aliphatic rings. The third kappa shape index (κ3) is 3.54. The topological polar surface area (TPSA) is 52.3 Å². The summed E-state index contributed by atoms with van der Waals surface area (Å²) in [4.78, 5) is 11.8. The number of esters is 1. The molecule has 2 aromatic rings. The van der Waals surface area contributed by atoms with Gasteiger partial charge in [-0.1, -0.05) is 22.0 Å². The Morgan fingerprint density at radius 2 is 1.89 bits per heavy atom. The van der Waals surface area contributed by atoms with Gasteiger partial charge in [0.15, 0.2) is 0 Å². The first kappa shape index (κ1) is 13.5. The van der Waals surface area contributed by atoms with E-state index in [1.165, 1.54) is 12.1 Å². The number of carbonyl (C=O) groups is 1. The summed E-state index contributed by atoms with van der Waals surface area (Å²) >= 11 is 3.22. The van der Waals surface area contributed by atoms with Gasteiger partial charge in [-0.2, -0.15) is 0 Å². The molecule has 0 aliphatic heterocycles. The van der Waals surface area contributed by atoms with Crippen molar-refractivity contribution >= 4 is 27.6 Å². The molecule has 5 heteroatoms. The van der Waals surface area contributed by atoms with Crippen LogP contribution in [0.3, 0.4) is 0 Å². The van der Waals surface area contributed by atoms with Crippen LogP contribution in [0.1, 0.15) is 15.9 Å². The number of rotatable bonds is 3. The van der Waals surface area contributed by atoms with Crippen LogP contribution < -0.4 is 5.73 Å². The van der Waals surface area contributed by atoms with E-state index in [0.717, 1.165) is 0 Å². The van der Waals surface area contributed by atoms with Crippen molar-refractivity contribution in [2.24, 2.45) is 0 Å². The molecule has 0 saturated carbocycles. The van der Waals surface area contributed by atoms with Gasteiger partial charge in [0.05, 0.1) is 5.56 Å². The summed E-state index contributed by atoms with van der Waals surface area (Å²) in [7, 11) is 0. The maximum atomic E-state index is 12.9. The third-order valence-electron chi connectivity index (χ3n) is 2.52. The molecule has 0 unspecified atom stereocenters. The summed E-state index contributed by atoms with van der Waals surface area (Å²) in [5.41, 5.74) is 7.24. The molecule has 0 amide bonds. The van der Waals surface area contributed by atoms with Gasteiger partial charge in [-0.05, 0) is 36.4 Å². The van der Waals surface area contributed by atoms with Crippen molar-refractivity contribution in [3.05, 3.63) is 63.9 Å². The molecule has 98 valence electrons. The maximum Gasteiger partial charge on any atom is 0.338 e. The SMILES string of the molecule is Nc1ccc(C(=O)OCc2ccc(F)cc2Br)cc1. The highest BCUT2D eigenvalue weighted by Crippen LogP contribution is 2.19. The van der Waals surface area contributed by atoms with Gasteiger partial charge in [-0.3, -0.25) is 0 Å². The zero-order valence-electron chi connectivity index (χ0n) is 9.90. The van der Waals surface area contributed by atoms with Gasteiger partial charge in [0.2, 0.25) is 0 Å². The first-order chi connectivity index (χ1) is 9.06. The Kier molecular flexibility index (Phi) is 4.16. The first-order valence-electron chi connectivity index (χ1n) is 5.53. The molecule has 2 N–H and O–H groups in total. The number of ether oxygens (including phenoxy) is 1. The van der Waals surface area contributed by atoms with Crippen molar-refractivity contribution in [2.45, 2.75) is 6.61 Å². The minimum atomic E-state index is -0.448. The largest absolute Gasteiger partial charge is 0.457 e. The Hall–Kier alpha value is -1.88. The third-order valence-corrected chi connectivity index (χ3v) is 3.26. The molecule has 0 fully saturated rings. The lowest BCUT2D eigenvalue weighted by molar-refractivity contribution is 0.0472. The number of nitrogens with two attached hydrogens (primary N) is 1. The molecular weight excluding hydrogens is 313 g/mol. The van der Waals surface area contributed by atoms with Crippen LogP contribution in [0.25, 0.3) is 0 Å². The van der Waals surface area contributed by atoms with Gasteiger partial charge in [-0.25, -0.2) is 9.18 Å². The molecule has 0 heterocycles. The lowest BCUT2D eigenvalue weighted by atomic mass is 10.2. The molecule has 0 atom stereocenters. The minimum Gasteiger partial charge on any atom is -0.457 e. The Balaban J connectivity index is 2.02. The van der Waals surface area contributed by atoms with Crippen molar-refractivity contribution in [1.82, 2.24) is 0 Å². The standard InChI is InChI=1S/C14H11BrFNO2/c15-13-7-11(16)4-1-10(13)8-19-14(18)9-2-5-12(17)6-3-9/h1-7H,8,17H2. The fraction of sp³-hybridized carbons (Fsp3) is 0.0714. The van der Waals surface area contributed by atoms with Gasteiger partial charge in [0, 0.05) is 15.7 Å². The second-order valence-electron chi connectivity index (χ2n) is 3.93. The molecule has 2 rings (SSSR count). The van der Waals surface area contributed by atoms with Gasteiger partial charge in [0.1, 0.15) is 12.4 Å². The number of nitrogen functional groups attached to an aromatic ring is 1. The summed E-state index contributed by atoms with van der Waals surface area (Å²) in [6.45, 7) is 0.0735. The second-order valence-corrected chi connectivity index (χ2v) is 4.79. The predicted octanol–water partition coefficient (Wildman–Crippen LogP) is 3.53. The second kappa shape index (κ2) is 5.84. The van der Waals surface area contributed by atoms with E-state index in [4.69, 9.17) is 10.5 Å². The number of hydrogen-bond acceptors (Lipinski definition) is 3. The quantitative estimate of drug-likeness (QED) is 0.694. The molecule has 2 aromatic carbocycles. The van der Waals surface area contributed by atoms with E-state index in [0.29, 0.717) is 21.3 Å². The van der Waals surface area contributed by atoms with Crippen molar-refractivity contribution in [3.63, 3.8) is 0 Å². The van der Waals surface area contributed by atoms with Crippen molar-refractivity contribution in [3.8, 4) is 0 Å². The van der Waals surface area contributed by atoms with Gasteiger partial charge in [-0.15, -0.1) is 0 Å². The minimum absolute atomic E-state index is 0.0735. The Labute approximate surface area is 118 Å². The van der Waals surface area contributed by atoms with Crippen LogP contribution in [0, 0.1) is 5.82 Å². The summed E-state index contributed by atoms with van der Waals surface area (Å²) in [5.74, 6) is -0.795. The average molecular weight is 324 g/mol. The molecular formula is C14H11BrFNO2. The number of halogens is 2. The number of carbonyl (C=O) groups excluding carboxylic acids is 1. The average Bonchev–Trinajstić information content (AvgIpc) is 2.38. The van der Waals surface area contributed by atoms with Crippen molar-refractivity contribution in [1.29, 1.82) is 0 Å². The van der Waals surface area contributed by atoms with Crippen LogP contribution in [-0.2, 0) is 11.3 Å². The maximum absolute atomic E-state index is 12.9. The van der Waals surface area contributed by atoms with Crippen LogP contribution in [0.5, 0.6) is 0 Å². The smallest absolute Gasteiger partial charge is 0.338 e. The number of hydrogen-bond donors (Lipinski definition) is 1. The first-order valence-corrected chi connectivity index (χ1v) is 6.32.